The Hall–Kier alpha value is -1.62. The van der Waals surface area contributed by atoms with Crippen LogP contribution >= 0.6 is 0 Å². The molecule has 0 aromatic heterocycles. The molecular weight excluding hydrogens is 266 g/mol. The monoisotopic (exact) mass is 281 g/mol. The summed E-state index contributed by atoms with van der Waals surface area (Å²) in [6.45, 7) is 0. The number of ether oxygens (including phenoxy) is 1. The summed E-state index contributed by atoms with van der Waals surface area (Å²) in [6, 6.07) is 7.19. The molecule has 0 spiro atoms. The second-order valence-electron chi connectivity index (χ2n) is 4.49. The summed E-state index contributed by atoms with van der Waals surface area (Å²) >= 11 is 0. The van der Waals surface area contributed by atoms with Crippen molar-refractivity contribution >= 4 is 10.2 Å². The van der Waals surface area contributed by atoms with Gasteiger partial charge in [-0.15, -0.1) is 0 Å². The minimum atomic E-state index is -3.72. The van der Waals surface area contributed by atoms with Crippen molar-refractivity contribution in [2.75, 3.05) is 7.11 Å². The topological polar surface area (TPSA) is 105 Å². The average molecular weight is 281 g/mol. The molecule has 6 nitrogen and oxygen atoms in total. The van der Waals surface area contributed by atoms with E-state index < -0.39 is 10.2 Å². The molecule has 1 aliphatic rings. The smallest absolute Gasteiger partial charge is 0.274 e. The van der Waals surface area contributed by atoms with Crippen molar-refractivity contribution in [3.05, 3.63) is 29.3 Å². The zero-order valence-corrected chi connectivity index (χ0v) is 11.3. The quantitative estimate of drug-likeness (QED) is 0.843. The van der Waals surface area contributed by atoms with Crippen LogP contribution in [0.3, 0.4) is 0 Å². The molecule has 0 aliphatic heterocycles. The zero-order valence-electron chi connectivity index (χ0n) is 10.5. The molecule has 1 aliphatic carbocycles. The first-order chi connectivity index (χ1) is 8.96. The lowest BCUT2D eigenvalue weighted by atomic mass is 9.74. The van der Waals surface area contributed by atoms with E-state index in [-0.39, 0.29) is 12.0 Å². The van der Waals surface area contributed by atoms with E-state index in [2.05, 4.69) is 10.8 Å². The molecule has 19 heavy (non-hydrogen) atoms. The van der Waals surface area contributed by atoms with E-state index in [4.69, 9.17) is 9.88 Å². The van der Waals surface area contributed by atoms with Crippen LogP contribution in [0.15, 0.2) is 18.2 Å². The van der Waals surface area contributed by atoms with Gasteiger partial charge in [0.2, 0.25) is 0 Å². The number of nitrogens with one attached hydrogen (secondary N) is 1. The maximum Gasteiger partial charge on any atom is 0.274 e. The van der Waals surface area contributed by atoms with Crippen LogP contribution in [0.1, 0.15) is 29.9 Å². The van der Waals surface area contributed by atoms with Gasteiger partial charge in [-0.25, -0.2) is 5.14 Å². The summed E-state index contributed by atoms with van der Waals surface area (Å²) in [5.41, 5.74) is 1.25. The molecule has 0 bridgehead atoms. The van der Waals surface area contributed by atoms with Crippen LogP contribution in [0.2, 0.25) is 0 Å². The van der Waals surface area contributed by atoms with Gasteiger partial charge in [-0.1, -0.05) is 12.1 Å². The number of nitrogens with two attached hydrogens (primary N) is 1. The van der Waals surface area contributed by atoms with Crippen LogP contribution < -0.4 is 14.6 Å². The first kappa shape index (κ1) is 13.8. The van der Waals surface area contributed by atoms with Crippen molar-refractivity contribution in [3.63, 3.8) is 0 Å². The Kier molecular flexibility index (Phi) is 3.75. The molecule has 0 amide bonds. The third-order valence-corrected chi connectivity index (χ3v) is 4.01. The number of hydrogen-bond donors (Lipinski definition) is 2. The summed E-state index contributed by atoms with van der Waals surface area (Å²) in [5.74, 6) is 0.462. The summed E-state index contributed by atoms with van der Waals surface area (Å²) in [6.07, 6.45) is 1.53. The Morgan fingerprint density at radius 1 is 1.47 bits per heavy atom. The summed E-state index contributed by atoms with van der Waals surface area (Å²) in [5, 5.41) is 14.2. The van der Waals surface area contributed by atoms with Crippen LogP contribution in [0.5, 0.6) is 5.75 Å². The highest BCUT2D eigenvalue weighted by molar-refractivity contribution is 7.87. The Morgan fingerprint density at radius 3 is 2.68 bits per heavy atom. The first-order valence-corrected chi connectivity index (χ1v) is 7.38. The third kappa shape index (κ3) is 2.87. The van der Waals surface area contributed by atoms with Gasteiger partial charge in [0, 0.05) is 12.0 Å². The predicted octanol–water partition coefficient (Wildman–Crippen LogP) is 0.606. The maximum absolute atomic E-state index is 11.1. The third-order valence-electron chi connectivity index (χ3n) is 3.38. The molecule has 2 rings (SSSR count). The van der Waals surface area contributed by atoms with E-state index in [9.17, 15) is 13.7 Å². The van der Waals surface area contributed by atoms with E-state index in [1.165, 1.54) is 7.11 Å². The van der Waals surface area contributed by atoms with Gasteiger partial charge in [0.25, 0.3) is 10.2 Å². The van der Waals surface area contributed by atoms with Crippen LogP contribution in [0.4, 0.5) is 0 Å². The molecule has 2 unspecified atom stereocenters. The molecule has 0 radical (unpaired) electrons. The van der Waals surface area contributed by atoms with Crippen LogP contribution in [0.25, 0.3) is 0 Å². The Morgan fingerprint density at radius 2 is 2.21 bits per heavy atom. The summed E-state index contributed by atoms with van der Waals surface area (Å²) in [7, 11) is -2.22. The van der Waals surface area contributed by atoms with E-state index in [1.807, 2.05) is 6.07 Å². The Bertz CT molecular complexity index is 622. The van der Waals surface area contributed by atoms with Gasteiger partial charge in [0.15, 0.2) is 0 Å². The van der Waals surface area contributed by atoms with Crippen LogP contribution in [-0.4, -0.2) is 21.6 Å². The van der Waals surface area contributed by atoms with Gasteiger partial charge in [-0.3, -0.25) is 0 Å². The highest BCUT2D eigenvalue weighted by Crippen LogP contribution is 2.40. The second-order valence-corrected chi connectivity index (χ2v) is 5.82. The summed E-state index contributed by atoms with van der Waals surface area (Å²) in [4.78, 5) is 0. The van der Waals surface area contributed by atoms with Gasteiger partial charge in [0.1, 0.15) is 11.8 Å². The van der Waals surface area contributed by atoms with E-state index in [1.54, 1.807) is 12.1 Å². The Balaban J connectivity index is 2.31. The molecular formula is C12H15N3O3S. The zero-order chi connectivity index (χ0) is 14.0. The lowest BCUT2D eigenvalue weighted by Gasteiger charge is -2.37. The maximum atomic E-state index is 11.1. The SMILES string of the molecule is COc1cccc(C2CCC2NS(N)(=O)=O)c1C#N. The van der Waals surface area contributed by atoms with Gasteiger partial charge >= 0.3 is 0 Å². The van der Waals surface area contributed by atoms with E-state index in [0.717, 1.165) is 12.0 Å². The molecule has 3 N–H and O–H groups in total. The minimum Gasteiger partial charge on any atom is -0.495 e. The van der Waals surface area contributed by atoms with E-state index in [0.29, 0.717) is 17.7 Å². The second kappa shape index (κ2) is 5.17. The molecule has 1 aromatic rings. The highest BCUT2D eigenvalue weighted by atomic mass is 32.2. The number of nitriles is 1. The van der Waals surface area contributed by atoms with Gasteiger partial charge in [-0.05, 0) is 24.5 Å². The fraction of sp³-hybridized carbons (Fsp3) is 0.417. The molecule has 0 heterocycles. The average Bonchev–Trinajstić information content (AvgIpc) is 2.33. The predicted molar refractivity (Wildman–Crippen MR) is 69.7 cm³/mol. The lowest BCUT2D eigenvalue weighted by Crippen LogP contribution is -2.48. The molecule has 2 atom stereocenters. The number of nitrogens with zero attached hydrogens (tertiary/aromatic N) is 1. The number of hydrogen-bond acceptors (Lipinski definition) is 4. The normalized spacial score (nSPS) is 22.4. The van der Waals surface area contributed by atoms with Crippen molar-refractivity contribution < 1.29 is 13.2 Å². The van der Waals surface area contributed by atoms with Crippen molar-refractivity contribution in [1.82, 2.24) is 4.72 Å². The number of methoxy groups -OCH3 is 1. The number of rotatable bonds is 4. The number of benzene rings is 1. The lowest BCUT2D eigenvalue weighted by molar-refractivity contribution is 0.318. The first-order valence-electron chi connectivity index (χ1n) is 5.83. The molecule has 1 fully saturated rings. The van der Waals surface area contributed by atoms with Crippen LogP contribution in [0, 0.1) is 11.3 Å². The largest absolute Gasteiger partial charge is 0.495 e. The Labute approximate surface area is 112 Å². The van der Waals surface area contributed by atoms with Crippen molar-refractivity contribution in [2.24, 2.45) is 5.14 Å². The van der Waals surface area contributed by atoms with Crippen molar-refractivity contribution in [3.8, 4) is 11.8 Å². The summed E-state index contributed by atoms with van der Waals surface area (Å²) < 4.78 is 29.7. The van der Waals surface area contributed by atoms with Crippen LogP contribution in [-0.2, 0) is 10.2 Å². The van der Waals surface area contributed by atoms with Gasteiger partial charge in [-0.2, -0.15) is 18.4 Å². The fourth-order valence-corrected chi connectivity index (χ4v) is 3.08. The molecule has 1 saturated carbocycles. The highest BCUT2D eigenvalue weighted by Gasteiger charge is 2.36. The molecule has 7 heteroatoms. The van der Waals surface area contributed by atoms with Gasteiger partial charge in [0.05, 0.1) is 12.7 Å². The molecule has 1 aromatic carbocycles. The molecule has 0 saturated heterocycles. The fourth-order valence-electron chi connectivity index (χ4n) is 2.37. The van der Waals surface area contributed by atoms with Gasteiger partial charge < -0.3 is 4.74 Å². The van der Waals surface area contributed by atoms with E-state index >= 15 is 0 Å². The molecule has 102 valence electrons. The standard InChI is InChI=1S/C12H15N3O3S/c1-18-12-4-2-3-8(10(12)7-13)9-5-6-11(9)15-19(14,16)17/h2-4,9,11,15H,5-6H2,1H3,(H2,14,16,17). The van der Waals surface area contributed by atoms with Crippen molar-refractivity contribution in [2.45, 2.75) is 24.8 Å². The minimum absolute atomic E-state index is 0.0388. The van der Waals surface area contributed by atoms with Crippen molar-refractivity contribution in [1.29, 1.82) is 5.26 Å².